The predicted octanol–water partition coefficient (Wildman–Crippen LogP) is 12.0. The van der Waals surface area contributed by atoms with Crippen molar-refractivity contribution in [2.45, 2.75) is 19.3 Å². The van der Waals surface area contributed by atoms with Crippen molar-refractivity contribution in [2.75, 3.05) is 0 Å². The van der Waals surface area contributed by atoms with Crippen molar-refractivity contribution in [1.82, 2.24) is 29.9 Å². The largest absolute Gasteiger partial charge is 0.208 e. The molecule has 0 saturated heterocycles. The van der Waals surface area contributed by atoms with Crippen LogP contribution in [0, 0.1) is 0 Å². The van der Waals surface area contributed by atoms with Gasteiger partial charge in [0.25, 0.3) is 0 Å². The summed E-state index contributed by atoms with van der Waals surface area (Å²) in [7, 11) is 0. The molecular weight excluding hydrogens is 697 g/mol. The van der Waals surface area contributed by atoms with E-state index in [9.17, 15) is 0 Å². The van der Waals surface area contributed by atoms with E-state index in [0.29, 0.717) is 34.9 Å². The zero-order valence-corrected chi connectivity index (χ0v) is 31.5. The summed E-state index contributed by atoms with van der Waals surface area (Å²) >= 11 is 0. The highest BCUT2D eigenvalue weighted by atomic mass is 15.0. The quantitative estimate of drug-likeness (QED) is 0.162. The summed E-state index contributed by atoms with van der Waals surface area (Å²) in [6.07, 6.45) is 0. The SMILES string of the molecule is CC1(C)c2ccc(-c3cccc(-c4nc(-c5ccccc5)nc(-c5ccccc5)n4)c3)cc2-c2c(-c3nc(-c4ccccc4)nc(-c4ccccc4)n3)cccc21. The van der Waals surface area contributed by atoms with Crippen molar-refractivity contribution in [3.05, 3.63) is 193 Å². The zero-order chi connectivity index (χ0) is 38.3. The van der Waals surface area contributed by atoms with Gasteiger partial charge in [-0.05, 0) is 45.5 Å². The monoisotopic (exact) mass is 732 g/mol. The Hall–Kier alpha value is -7.44. The number of fused-ring (bicyclic) bond motifs is 3. The minimum atomic E-state index is -0.231. The highest BCUT2D eigenvalue weighted by Gasteiger charge is 2.37. The zero-order valence-electron chi connectivity index (χ0n) is 31.5. The molecule has 0 aliphatic heterocycles. The highest BCUT2D eigenvalue weighted by molar-refractivity contribution is 5.93. The molecule has 270 valence electrons. The van der Waals surface area contributed by atoms with Crippen molar-refractivity contribution in [3.63, 3.8) is 0 Å². The van der Waals surface area contributed by atoms with Gasteiger partial charge in [0.05, 0.1) is 0 Å². The standard InChI is InChI=1S/C51H36N6/c1-51(2)42-30-29-38(37-25-15-26-39(31-37)49-54-45(33-17-7-3-8-18-33)52-46(55-49)34-19-9-4-10-20-34)32-41(42)44-40(27-16-28-43(44)51)50-56-47(35-21-11-5-12-22-35)53-48(57-50)36-23-13-6-14-24-36/h3-32H,1-2H3. The Morgan fingerprint density at radius 1 is 0.281 bits per heavy atom. The molecule has 6 heteroatoms. The van der Waals surface area contributed by atoms with Crippen LogP contribution in [0.1, 0.15) is 25.0 Å². The van der Waals surface area contributed by atoms with Crippen LogP contribution in [-0.2, 0) is 5.41 Å². The van der Waals surface area contributed by atoms with Crippen LogP contribution in [-0.4, -0.2) is 29.9 Å². The fourth-order valence-electron chi connectivity index (χ4n) is 7.87. The third-order valence-corrected chi connectivity index (χ3v) is 10.8. The number of rotatable bonds is 7. The van der Waals surface area contributed by atoms with E-state index in [-0.39, 0.29) is 5.41 Å². The molecule has 57 heavy (non-hydrogen) atoms. The van der Waals surface area contributed by atoms with Crippen LogP contribution in [0.2, 0.25) is 0 Å². The van der Waals surface area contributed by atoms with E-state index >= 15 is 0 Å². The minimum absolute atomic E-state index is 0.231. The first-order valence-electron chi connectivity index (χ1n) is 19.1. The molecule has 0 bridgehead atoms. The van der Waals surface area contributed by atoms with Gasteiger partial charge in [0.1, 0.15) is 0 Å². The van der Waals surface area contributed by atoms with Gasteiger partial charge in [-0.3, -0.25) is 0 Å². The minimum Gasteiger partial charge on any atom is -0.208 e. The maximum absolute atomic E-state index is 5.14. The number of nitrogens with zero attached hydrogens (tertiary/aromatic N) is 6. The molecule has 0 N–H and O–H groups in total. The molecule has 2 aromatic heterocycles. The van der Waals surface area contributed by atoms with Crippen molar-refractivity contribution < 1.29 is 0 Å². The molecule has 0 amide bonds. The lowest BCUT2D eigenvalue weighted by Gasteiger charge is -2.21. The molecule has 7 aromatic carbocycles. The molecular formula is C51H36N6. The Labute approximate surface area is 331 Å². The topological polar surface area (TPSA) is 77.3 Å². The highest BCUT2D eigenvalue weighted by Crippen LogP contribution is 2.52. The van der Waals surface area contributed by atoms with Crippen molar-refractivity contribution in [3.8, 4) is 90.6 Å². The molecule has 6 nitrogen and oxygen atoms in total. The summed E-state index contributed by atoms with van der Waals surface area (Å²) in [6, 6.07) is 62.2. The van der Waals surface area contributed by atoms with E-state index in [0.717, 1.165) is 50.1 Å². The molecule has 0 atom stereocenters. The first-order chi connectivity index (χ1) is 28.0. The maximum atomic E-state index is 5.14. The van der Waals surface area contributed by atoms with Crippen LogP contribution in [0.25, 0.3) is 90.6 Å². The predicted molar refractivity (Wildman–Crippen MR) is 229 cm³/mol. The summed E-state index contributed by atoms with van der Waals surface area (Å²) in [4.78, 5) is 30.1. The lowest BCUT2D eigenvalue weighted by Crippen LogP contribution is -2.14. The normalized spacial score (nSPS) is 12.5. The molecule has 2 heterocycles. The van der Waals surface area contributed by atoms with Gasteiger partial charge < -0.3 is 0 Å². The molecule has 0 spiro atoms. The van der Waals surface area contributed by atoms with Crippen LogP contribution >= 0.6 is 0 Å². The molecule has 0 radical (unpaired) electrons. The number of hydrogen-bond acceptors (Lipinski definition) is 6. The van der Waals surface area contributed by atoms with E-state index in [1.165, 1.54) is 16.7 Å². The molecule has 10 rings (SSSR count). The number of benzene rings is 7. The van der Waals surface area contributed by atoms with E-state index in [4.69, 9.17) is 29.9 Å². The van der Waals surface area contributed by atoms with E-state index in [1.54, 1.807) is 0 Å². The van der Waals surface area contributed by atoms with E-state index < -0.39 is 0 Å². The Balaban J connectivity index is 1.10. The second-order valence-corrected chi connectivity index (χ2v) is 14.8. The molecule has 1 aliphatic rings. The van der Waals surface area contributed by atoms with Crippen molar-refractivity contribution in [2.24, 2.45) is 0 Å². The van der Waals surface area contributed by atoms with E-state index in [1.807, 2.05) is 121 Å². The third kappa shape index (κ3) is 6.27. The Morgan fingerprint density at radius 3 is 1.16 bits per heavy atom. The Kier molecular flexibility index (Phi) is 8.37. The van der Waals surface area contributed by atoms with Gasteiger partial charge in [-0.1, -0.05) is 184 Å². The van der Waals surface area contributed by atoms with Gasteiger partial charge in [-0.25, -0.2) is 29.9 Å². The summed E-state index contributed by atoms with van der Waals surface area (Å²) in [6.45, 7) is 4.60. The third-order valence-electron chi connectivity index (χ3n) is 10.8. The Bertz CT molecular complexity index is 2800. The fourth-order valence-corrected chi connectivity index (χ4v) is 7.87. The summed E-state index contributed by atoms with van der Waals surface area (Å²) in [5.41, 5.74) is 12.4. The van der Waals surface area contributed by atoms with Gasteiger partial charge in [0, 0.05) is 38.8 Å². The van der Waals surface area contributed by atoms with Gasteiger partial charge in [0.2, 0.25) is 0 Å². The average Bonchev–Trinajstić information content (AvgIpc) is 3.52. The van der Waals surface area contributed by atoms with Crippen LogP contribution in [0.3, 0.4) is 0 Å². The molecule has 9 aromatic rings. The van der Waals surface area contributed by atoms with E-state index in [2.05, 4.69) is 74.5 Å². The summed E-state index contributed by atoms with van der Waals surface area (Å²) in [5, 5.41) is 0. The van der Waals surface area contributed by atoms with Crippen molar-refractivity contribution >= 4 is 0 Å². The Morgan fingerprint density at radius 2 is 0.667 bits per heavy atom. The van der Waals surface area contributed by atoms with Crippen molar-refractivity contribution in [1.29, 1.82) is 0 Å². The van der Waals surface area contributed by atoms with Gasteiger partial charge in [0.15, 0.2) is 34.9 Å². The van der Waals surface area contributed by atoms with Gasteiger partial charge >= 0.3 is 0 Å². The van der Waals surface area contributed by atoms with Crippen LogP contribution < -0.4 is 0 Å². The van der Waals surface area contributed by atoms with Crippen LogP contribution in [0.5, 0.6) is 0 Å². The first-order valence-corrected chi connectivity index (χ1v) is 19.1. The lowest BCUT2D eigenvalue weighted by atomic mass is 9.82. The average molecular weight is 733 g/mol. The summed E-state index contributed by atoms with van der Waals surface area (Å²) < 4.78 is 0. The number of hydrogen-bond donors (Lipinski definition) is 0. The molecule has 1 aliphatic carbocycles. The second-order valence-electron chi connectivity index (χ2n) is 14.8. The van der Waals surface area contributed by atoms with Gasteiger partial charge in [-0.15, -0.1) is 0 Å². The van der Waals surface area contributed by atoms with Gasteiger partial charge in [-0.2, -0.15) is 0 Å². The molecule has 0 unspecified atom stereocenters. The molecule has 0 fully saturated rings. The molecule has 0 saturated carbocycles. The first kappa shape index (κ1) is 34.1. The van der Waals surface area contributed by atoms with Crippen LogP contribution in [0.15, 0.2) is 182 Å². The summed E-state index contributed by atoms with van der Waals surface area (Å²) in [5.74, 6) is 3.83. The van der Waals surface area contributed by atoms with Crippen LogP contribution in [0.4, 0.5) is 0 Å². The smallest absolute Gasteiger partial charge is 0.164 e. The number of aromatic nitrogens is 6. The fraction of sp³-hybridized carbons (Fsp3) is 0.0588. The lowest BCUT2D eigenvalue weighted by molar-refractivity contribution is 0.660. The maximum Gasteiger partial charge on any atom is 0.164 e. The second kappa shape index (κ2) is 14.0.